The highest BCUT2D eigenvalue weighted by atomic mass is 32.2. The molecule has 0 aliphatic carbocycles. The fourth-order valence-electron chi connectivity index (χ4n) is 2.43. The third kappa shape index (κ3) is 2.59. The second-order valence-corrected chi connectivity index (χ2v) is 6.16. The number of rotatable bonds is 5. The van der Waals surface area contributed by atoms with E-state index >= 15 is 0 Å². The molecule has 0 amide bonds. The van der Waals surface area contributed by atoms with Gasteiger partial charge in [-0.3, -0.25) is 4.57 Å². The molecule has 1 saturated heterocycles. The Morgan fingerprint density at radius 2 is 2.09 bits per heavy atom. The predicted molar refractivity (Wildman–Crippen MR) is 79.3 cm³/mol. The Morgan fingerprint density at radius 1 is 1.27 bits per heavy atom. The normalized spacial score (nSPS) is 28.5. The Balaban J connectivity index is 1.95. The lowest BCUT2D eigenvalue weighted by Crippen LogP contribution is -2.33. The quantitative estimate of drug-likeness (QED) is 0.517. The van der Waals surface area contributed by atoms with Crippen molar-refractivity contribution >= 4 is 22.9 Å². The van der Waals surface area contributed by atoms with Crippen LogP contribution in [0.4, 0.5) is 0 Å². The maximum absolute atomic E-state index is 10.1. The van der Waals surface area contributed by atoms with Crippen LogP contribution in [0.25, 0.3) is 11.2 Å². The molecule has 3 rings (SSSR count). The maximum Gasteiger partial charge on any atom is 0.166 e. The van der Waals surface area contributed by atoms with Crippen LogP contribution in [0.15, 0.2) is 17.7 Å². The van der Waals surface area contributed by atoms with Crippen LogP contribution in [0.5, 0.6) is 0 Å². The first-order valence-corrected chi connectivity index (χ1v) is 8.08. The predicted octanol–water partition coefficient (Wildman–Crippen LogP) is -0.0601. The lowest BCUT2D eigenvalue weighted by molar-refractivity contribution is -0.0511. The summed E-state index contributed by atoms with van der Waals surface area (Å²) < 4.78 is 7.08. The molecule has 9 heteroatoms. The van der Waals surface area contributed by atoms with Crippen molar-refractivity contribution < 1.29 is 20.1 Å². The van der Waals surface area contributed by atoms with Gasteiger partial charge in [0.25, 0.3) is 0 Å². The Labute approximate surface area is 131 Å². The number of aromatic nitrogens is 4. The average molecular weight is 326 g/mol. The lowest BCUT2D eigenvalue weighted by Gasteiger charge is -2.16. The lowest BCUT2D eigenvalue weighted by atomic mass is 10.1. The minimum atomic E-state index is -1.16. The maximum atomic E-state index is 10.1. The molecule has 1 aliphatic rings. The van der Waals surface area contributed by atoms with Crippen LogP contribution in [0.2, 0.25) is 0 Å². The molecule has 120 valence electrons. The van der Waals surface area contributed by atoms with Crippen LogP contribution < -0.4 is 0 Å². The summed E-state index contributed by atoms with van der Waals surface area (Å²) in [5, 5.41) is 29.9. The number of aliphatic hydroxyl groups excluding tert-OH is 3. The second-order valence-electron chi connectivity index (χ2n) is 5.08. The number of imidazole rings is 1. The van der Waals surface area contributed by atoms with E-state index in [1.165, 1.54) is 12.7 Å². The third-order valence-electron chi connectivity index (χ3n) is 3.56. The van der Waals surface area contributed by atoms with Gasteiger partial charge >= 0.3 is 0 Å². The van der Waals surface area contributed by atoms with Crippen LogP contribution in [0.3, 0.4) is 0 Å². The first kappa shape index (κ1) is 15.6. The molecule has 0 unspecified atom stereocenters. The number of thioether (sulfide) groups is 1. The summed E-state index contributed by atoms with van der Waals surface area (Å²) in [4.78, 5) is 12.7. The van der Waals surface area contributed by atoms with E-state index < -0.39 is 24.5 Å². The summed E-state index contributed by atoms with van der Waals surface area (Å²) in [5.41, 5.74) is 1.17. The second kappa shape index (κ2) is 6.47. The van der Waals surface area contributed by atoms with Gasteiger partial charge in [0.15, 0.2) is 11.9 Å². The van der Waals surface area contributed by atoms with Crippen LogP contribution in [0.1, 0.15) is 19.6 Å². The molecular weight excluding hydrogens is 308 g/mol. The topological polar surface area (TPSA) is 114 Å². The number of nitrogens with zero attached hydrogens (tertiary/aromatic N) is 4. The fraction of sp³-hybridized carbons (Fsp3) is 0.615. The van der Waals surface area contributed by atoms with Gasteiger partial charge in [-0.2, -0.15) is 0 Å². The first-order chi connectivity index (χ1) is 10.7. The average Bonchev–Trinajstić information content (AvgIpc) is 3.08. The molecule has 0 radical (unpaired) electrons. The number of ether oxygens (including phenoxy) is 1. The zero-order valence-corrected chi connectivity index (χ0v) is 12.8. The third-order valence-corrected chi connectivity index (χ3v) is 4.74. The van der Waals surface area contributed by atoms with Crippen molar-refractivity contribution in [3.05, 3.63) is 12.7 Å². The molecule has 2 aromatic heterocycles. The summed E-state index contributed by atoms with van der Waals surface area (Å²) >= 11 is 1.59. The molecule has 0 bridgehead atoms. The number of hydrogen-bond donors (Lipinski definition) is 3. The molecule has 3 heterocycles. The standard InChI is InChI=1S/C13H18N4O4S/c1-2-3-22-12-8-11(14-5-15-12)17(6-16-8)13-10(20)9(19)7(4-18)21-13/h5-7,9-10,13,18-20H,2-4H2,1H3/t7-,9-,10-,13-/m1/s1. The van der Waals surface area contributed by atoms with Gasteiger partial charge < -0.3 is 20.1 Å². The fourth-order valence-corrected chi connectivity index (χ4v) is 3.23. The van der Waals surface area contributed by atoms with Gasteiger partial charge in [0.2, 0.25) is 0 Å². The summed E-state index contributed by atoms with van der Waals surface area (Å²) in [7, 11) is 0. The van der Waals surface area contributed by atoms with Crippen LogP contribution in [0, 0.1) is 0 Å². The van der Waals surface area contributed by atoms with Gasteiger partial charge in [-0.05, 0) is 12.2 Å². The number of hydrogen-bond acceptors (Lipinski definition) is 8. The zero-order chi connectivity index (χ0) is 15.7. The van der Waals surface area contributed by atoms with Crippen molar-refractivity contribution in [2.24, 2.45) is 0 Å². The van der Waals surface area contributed by atoms with Gasteiger partial charge in [-0.1, -0.05) is 6.92 Å². The number of aliphatic hydroxyl groups is 3. The largest absolute Gasteiger partial charge is 0.394 e. The van der Waals surface area contributed by atoms with Gasteiger partial charge in [0.1, 0.15) is 35.2 Å². The molecule has 2 aromatic rings. The Kier molecular flexibility index (Phi) is 4.59. The Bertz CT molecular complexity index is 652. The molecule has 0 saturated carbocycles. The monoisotopic (exact) mass is 326 g/mol. The van der Waals surface area contributed by atoms with E-state index in [9.17, 15) is 15.3 Å². The Morgan fingerprint density at radius 3 is 2.77 bits per heavy atom. The molecular formula is C13H18N4O4S. The summed E-state index contributed by atoms with van der Waals surface area (Å²) in [6.45, 7) is 1.72. The highest BCUT2D eigenvalue weighted by Gasteiger charge is 2.43. The van der Waals surface area contributed by atoms with Crippen molar-refractivity contribution in [2.45, 2.75) is 42.9 Å². The van der Waals surface area contributed by atoms with Crippen molar-refractivity contribution in [3.8, 4) is 0 Å². The zero-order valence-electron chi connectivity index (χ0n) is 12.0. The first-order valence-electron chi connectivity index (χ1n) is 7.10. The molecule has 1 fully saturated rings. The molecule has 3 N–H and O–H groups in total. The minimum Gasteiger partial charge on any atom is -0.394 e. The molecule has 8 nitrogen and oxygen atoms in total. The summed E-state index contributed by atoms with van der Waals surface area (Å²) in [5.74, 6) is 0.923. The summed E-state index contributed by atoms with van der Waals surface area (Å²) in [6.07, 6.45) is 0.00469. The highest BCUT2D eigenvalue weighted by Crippen LogP contribution is 2.32. The molecule has 0 aromatic carbocycles. The van der Waals surface area contributed by atoms with E-state index in [2.05, 4.69) is 21.9 Å². The van der Waals surface area contributed by atoms with Crippen molar-refractivity contribution in [1.29, 1.82) is 0 Å². The van der Waals surface area contributed by atoms with Gasteiger partial charge in [-0.15, -0.1) is 11.8 Å². The SMILES string of the molecule is CCCSc1ncnc2c1ncn2[C@@H]1O[C@H](CO)[C@@H](O)[C@H]1O. The van der Waals surface area contributed by atoms with Gasteiger partial charge in [0, 0.05) is 0 Å². The molecule has 22 heavy (non-hydrogen) atoms. The van der Waals surface area contributed by atoms with Crippen molar-refractivity contribution in [3.63, 3.8) is 0 Å². The van der Waals surface area contributed by atoms with Crippen LogP contribution >= 0.6 is 11.8 Å². The van der Waals surface area contributed by atoms with Crippen molar-refractivity contribution in [2.75, 3.05) is 12.4 Å². The van der Waals surface area contributed by atoms with Crippen LogP contribution in [-0.4, -0.2) is 65.5 Å². The van der Waals surface area contributed by atoms with Crippen LogP contribution in [-0.2, 0) is 4.74 Å². The molecule has 4 atom stereocenters. The van der Waals surface area contributed by atoms with E-state index in [0.717, 1.165) is 17.2 Å². The van der Waals surface area contributed by atoms with Crippen molar-refractivity contribution in [1.82, 2.24) is 19.5 Å². The minimum absolute atomic E-state index is 0.367. The molecule has 0 spiro atoms. The van der Waals surface area contributed by atoms with E-state index in [0.29, 0.717) is 11.2 Å². The van der Waals surface area contributed by atoms with E-state index in [1.807, 2.05) is 0 Å². The van der Waals surface area contributed by atoms with E-state index in [1.54, 1.807) is 16.3 Å². The van der Waals surface area contributed by atoms with Gasteiger partial charge in [-0.25, -0.2) is 15.0 Å². The van der Waals surface area contributed by atoms with E-state index in [-0.39, 0.29) is 6.61 Å². The highest BCUT2D eigenvalue weighted by molar-refractivity contribution is 7.99. The summed E-state index contributed by atoms with van der Waals surface area (Å²) in [6, 6.07) is 0. The van der Waals surface area contributed by atoms with E-state index in [4.69, 9.17) is 4.74 Å². The molecule has 1 aliphatic heterocycles. The number of fused-ring (bicyclic) bond motifs is 1. The Hall–Kier alpha value is -1.26. The van der Waals surface area contributed by atoms with Gasteiger partial charge in [0.05, 0.1) is 12.9 Å². The smallest absolute Gasteiger partial charge is 0.166 e.